The third kappa shape index (κ3) is 3.02. The molecule has 3 N–H and O–H groups in total. The summed E-state index contributed by atoms with van der Waals surface area (Å²) >= 11 is 0. The molecule has 1 aliphatic rings. The number of nitrogens with zero attached hydrogens (tertiary/aromatic N) is 5. The van der Waals surface area contributed by atoms with Crippen molar-refractivity contribution in [3.05, 3.63) is 65.4 Å². The van der Waals surface area contributed by atoms with Gasteiger partial charge in [-0.1, -0.05) is 41.6 Å². The van der Waals surface area contributed by atoms with Gasteiger partial charge in [-0.15, -0.1) is 5.10 Å². The molecule has 4 aromatic rings. The Morgan fingerprint density at radius 1 is 1.14 bits per heavy atom. The van der Waals surface area contributed by atoms with Crippen LogP contribution in [0.5, 0.6) is 5.88 Å². The maximum Gasteiger partial charge on any atom is 0.267 e. The van der Waals surface area contributed by atoms with Crippen molar-refractivity contribution in [3.8, 4) is 17.4 Å². The lowest BCUT2D eigenvalue weighted by Gasteiger charge is -2.10. The predicted octanol–water partition coefficient (Wildman–Crippen LogP) is 1.83. The Morgan fingerprint density at radius 3 is 2.83 bits per heavy atom. The molecule has 9 heteroatoms. The molecule has 0 aliphatic carbocycles. The van der Waals surface area contributed by atoms with Gasteiger partial charge in [0.25, 0.3) is 5.91 Å². The maximum atomic E-state index is 11.7. The molecular weight excluding hydrogens is 370 g/mol. The second-order valence-corrected chi connectivity index (χ2v) is 6.63. The van der Waals surface area contributed by atoms with E-state index in [2.05, 4.69) is 20.6 Å². The summed E-state index contributed by atoms with van der Waals surface area (Å²) in [5.41, 5.74) is 8.80. The number of primary amides is 1. The van der Waals surface area contributed by atoms with E-state index in [4.69, 9.17) is 15.5 Å². The van der Waals surface area contributed by atoms with Gasteiger partial charge in [-0.2, -0.15) is 4.98 Å². The molecule has 0 radical (unpaired) electrons. The number of hydrogen-bond acceptors (Lipinski definition) is 7. The van der Waals surface area contributed by atoms with Crippen molar-refractivity contribution in [2.45, 2.75) is 13.0 Å². The van der Waals surface area contributed by atoms with Crippen LogP contribution in [-0.2, 0) is 13.0 Å². The third-order valence-electron chi connectivity index (χ3n) is 4.77. The highest BCUT2D eigenvalue weighted by Crippen LogP contribution is 2.32. The Balaban J connectivity index is 1.57. The number of nitrogens with two attached hydrogens (primary N) is 1. The number of benzene rings is 1. The summed E-state index contributed by atoms with van der Waals surface area (Å²) in [6.45, 7) is 1.18. The van der Waals surface area contributed by atoms with Gasteiger partial charge in [0, 0.05) is 13.0 Å². The van der Waals surface area contributed by atoms with Crippen LogP contribution in [0.15, 0.2) is 48.5 Å². The summed E-state index contributed by atoms with van der Waals surface area (Å²) in [5.74, 6) is 1.03. The van der Waals surface area contributed by atoms with Gasteiger partial charge in [-0.25, -0.2) is 9.50 Å². The van der Waals surface area contributed by atoms with Crippen LogP contribution in [0, 0.1) is 0 Å². The first-order valence-electron chi connectivity index (χ1n) is 9.17. The normalized spacial score (nSPS) is 12.6. The largest absolute Gasteiger partial charge is 0.477 e. The Kier molecular flexibility index (Phi) is 4.05. The second kappa shape index (κ2) is 6.86. The quantitative estimate of drug-likeness (QED) is 0.536. The number of nitrogens with one attached hydrogen (secondary N) is 1. The topological polar surface area (TPSA) is 120 Å². The number of anilines is 1. The first-order valence-corrected chi connectivity index (χ1v) is 9.17. The van der Waals surface area contributed by atoms with Crippen molar-refractivity contribution in [2.24, 2.45) is 5.73 Å². The molecule has 1 aromatic carbocycles. The molecule has 1 aliphatic heterocycles. The van der Waals surface area contributed by atoms with Gasteiger partial charge in [0.05, 0.1) is 17.7 Å². The highest BCUT2D eigenvalue weighted by Gasteiger charge is 2.24. The Hall–Kier alpha value is -4.01. The van der Waals surface area contributed by atoms with E-state index in [0.29, 0.717) is 41.9 Å². The van der Waals surface area contributed by atoms with Gasteiger partial charge in [-0.3, -0.25) is 4.79 Å². The van der Waals surface area contributed by atoms with E-state index in [-0.39, 0.29) is 5.69 Å². The van der Waals surface area contributed by atoms with Gasteiger partial charge in [0.2, 0.25) is 5.88 Å². The molecule has 0 bridgehead atoms. The number of ether oxygens (including phenoxy) is 1. The third-order valence-corrected chi connectivity index (χ3v) is 4.77. The zero-order chi connectivity index (χ0) is 19.8. The molecule has 4 heterocycles. The standard InChI is InChI=1S/C20H17N7O2/c21-17(28)15-8-4-7-14-16(25-26-27(14)15)19-23-18(13-9-10-29-20(13)24-19)22-11-12-5-2-1-3-6-12/h1-8H,9-11H2,(H2,21,28)(H,22,23,24). The number of carbonyl (C=O) groups is 1. The van der Waals surface area contributed by atoms with Crippen LogP contribution in [0.25, 0.3) is 17.0 Å². The maximum absolute atomic E-state index is 11.7. The molecule has 0 saturated carbocycles. The lowest BCUT2D eigenvalue weighted by Crippen LogP contribution is -2.15. The highest BCUT2D eigenvalue weighted by molar-refractivity contribution is 5.92. The van der Waals surface area contributed by atoms with Gasteiger partial charge < -0.3 is 15.8 Å². The van der Waals surface area contributed by atoms with E-state index in [1.165, 1.54) is 4.52 Å². The lowest BCUT2D eigenvalue weighted by molar-refractivity contribution is 0.0993. The number of amides is 1. The monoisotopic (exact) mass is 387 g/mol. The van der Waals surface area contributed by atoms with Gasteiger partial charge in [0.15, 0.2) is 11.5 Å². The smallest absolute Gasteiger partial charge is 0.267 e. The van der Waals surface area contributed by atoms with Crippen LogP contribution in [0.1, 0.15) is 21.6 Å². The van der Waals surface area contributed by atoms with Crippen molar-refractivity contribution in [3.63, 3.8) is 0 Å². The first-order chi connectivity index (χ1) is 14.2. The van der Waals surface area contributed by atoms with Crippen molar-refractivity contribution < 1.29 is 9.53 Å². The van der Waals surface area contributed by atoms with Crippen molar-refractivity contribution in [2.75, 3.05) is 11.9 Å². The van der Waals surface area contributed by atoms with Gasteiger partial charge in [-0.05, 0) is 17.7 Å². The van der Waals surface area contributed by atoms with Gasteiger partial charge >= 0.3 is 0 Å². The number of carbonyl (C=O) groups excluding carboxylic acids is 1. The number of hydrogen-bond donors (Lipinski definition) is 2. The van der Waals surface area contributed by atoms with E-state index < -0.39 is 5.91 Å². The van der Waals surface area contributed by atoms with E-state index in [9.17, 15) is 4.79 Å². The number of fused-ring (bicyclic) bond motifs is 2. The molecular formula is C20H17N7O2. The van der Waals surface area contributed by atoms with Crippen LogP contribution < -0.4 is 15.8 Å². The minimum absolute atomic E-state index is 0.237. The molecule has 5 rings (SSSR count). The molecule has 0 saturated heterocycles. The van der Waals surface area contributed by atoms with Crippen LogP contribution in [0.3, 0.4) is 0 Å². The minimum atomic E-state index is -0.588. The average molecular weight is 387 g/mol. The number of aromatic nitrogens is 5. The summed E-state index contributed by atoms with van der Waals surface area (Å²) in [6, 6.07) is 15.2. The zero-order valence-electron chi connectivity index (χ0n) is 15.4. The van der Waals surface area contributed by atoms with E-state index in [1.807, 2.05) is 30.3 Å². The zero-order valence-corrected chi connectivity index (χ0v) is 15.4. The second-order valence-electron chi connectivity index (χ2n) is 6.63. The molecule has 3 aromatic heterocycles. The van der Waals surface area contributed by atoms with Crippen molar-refractivity contribution in [1.82, 2.24) is 24.8 Å². The molecule has 9 nitrogen and oxygen atoms in total. The molecule has 29 heavy (non-hydrogen) atoms. The van der Waals surface area contributed by atoms with E-state index in [1.54, 1.807) is 18.2 Å². The molecule has 0 unspecified atom stereocenters. The van der Waals surface area contributed by atoms with Gasteiger partial charge in [0.1, 0.15) is 11.5 Å². The molecule has 0 atom stereocenters. The van der Waals surface area contributed by atoms with Crippen LogP contribution in [-0.4, -0.2) is 37.3 Å². The highest BCUT2D eigenvalue weighted by atomic mass is 16.5. The van der Waals surface area contributed by atoms with E-state index in [0.717, 1.165) is 17.5 Å². The first kappa shape index (κ1) is 17.1. The fourth-order valence-corrected chi connectivity index (χ4v) is 3.36. The molecule has 1 amide bonds. The fourth-order valence-electron chi connectivity index (χ4n) is 3.36. The average Bonchev–Trinajstić information content (AvgIpc) is 3.39. The van der Waals surface area contributed by atoms with Crippen LogP contribution in [0.2, 0.25) is 0 Å². The minimum Gasteiger partial charge on any atom is -0.477 e. The fraction of sp³-hybridized carbons (Fsp3) is 0.150. The summed E-state index contributed by atoms with van der Waals surface area (Å²) in [7, 11) is 0. The Bertz CT molecular complexity index is 1220. The van der Waals surface area contributed by atoms with E-state index >= 15 is 0 Å². The molecule has 0 spiro atoms. The predicted molar refractivity (Wildman–Crippen MR) is 105 cm³/mol. The number of rotatable bonds is 5. The lowest BCUT2D eigenvalue weighted by atomic mass is 10.2. The summed E-state index contributed by atoms with van der Waals surface area (Å²) in [6.07, 6.45) is 0.737. The Morgan fingerprint density at radius 2 is 2.00 bits per heavy atom. The molecule has 144 valence electrons. The van der Waals surface area contributed by atoms with Crippen molar-refractivity contribution >= 4 is 17.2 Å². The SMILES string of the molecule is NC(=O)c1cccc2c(-c3nc(NCc4ccccc4)c4c(n3)OCC4)nnn12. The van der Waals surface area contributed by atoms with Crippen LogP contribution >= 0.6 is 0 Å². The summed E-state index contributed by atoms with van der Waals surface area (Å²) in [4.78, 5) is 20.9. The summed E-state index contributed by atoms with van der Waals surface area (Å²) in [5, 5.41) is 11.6. The summed E-state index contributed by atoms with van der Waals surface area (Å²) < 4.78 is 7.08. The molecule has 0 fully saturated rings. The van der Waals surface area contributed by atoms with Crippen molar-refractivity contribution in [1.29, 1.82) is 0 Å². The van der Waals surface area contributed by atoms with Crippen LogP contribution in [0.4, 0.5) is 5.82 Å². The number of pyridine rings is 1. The Labute approximate surface area is 165 Å².